The van der Waals surface area contributed by atoms with Crippen molar-refractivity contribution in [2.24, 2.45) is 5.92 Å². The van der Waals surface area contributed by atoms with Gasteiger partial charge in [0.15, 0.2) is 0 Å². The molecule has 0 aromatic carbocycles. The molecular weight excluding hydrogens is 250 g/mol. The van der Waals surface area contributed by atoms with Gasteiger partial charge in [-0.3, -0.25) is 4.79 Å². The molecule has 1 saturated heterocycles. The van der Waals surface area contributed by atoms with E-state index >= 15 is 0 Å². The number of carboxylic acid groups (broad SMARTS) is 1. The lowest BCUT2D eigenvalue weighted by Crippen LogP contribution is -2.46. The molecule has 1 N–H and O–H groups in total. The van der Waals surface area contributed by atoms with Crippen LogP contribution in [0.25, 0.3) is 0 Å². The highest BCUT2D eigenvalue weighted by Gasteiger charge is 2.47. The number of amides is 1. The second kappa shape index (κ2) is 5.95. The normalized spacial score (nSPS) is 31.2. The van der Waals surface area contributed by atoms with Gasteiger partial charge in [-0.25, -0.2) is 4.79 Å². The number of fused-ring (bicyclic) bond motifs is 1. The van der Waals surface area contributed by atoms with Crippen molar-refractivity contribution in [2.75, 3.05) is 12.0 Å². The van der Waals surface area contributed by atoms with Crippen molar-refractivity contribution in [3.8, 4) is 0 Å². The summed E-state index contributed by atoms with van der Waals surface area (Å²) in [6.07, 6.45) is 7.47. The first-order valence-electron chi connectivity index (χ1n) is 6.68. The highest BCUT2D eigenvalue weighted by atomic mass is 32.2. The number of rotatable bonds is 4. The number of nitrogens with zero attached hydrogens (tertiary/aromatic N) is 1. The maximum Gasteiger partial charge on any atom is 0.326 e. The van der Waals surface area contributed by atoms with Crippen molar-refractivity contribution < 1.29 is 14.7 Å². The largest absolute Gasteiger partial charge is 0.480 e. The van der Waals surface area contributed by atoms with Crippen LogP contribution in [0.15, 0.2) is 0 Å². The summed E-state index contributed by atoms with van der Waals surface area (Å²) in [6.45, 7) is 0. The number of carbonyl (C=O) groups is 2. The number of carbonyl (C=O) groups excluding carboxylic acids is 1. The molecule has 2 rings (SSSR count). The third-order valence-electron chi connectivity index (χ3n) is 4.18. The first-order chi connectivity index (χ1) is 8.65. The number of likely N-dealkylation sites (tertiary alicyclic amines) is 1. The quantitative estimate of drug-likeness (QED) is 0.849. The Hall–Kier alpha value is -0.710. The first-order valence-corrected chi connectivity index (χ1v) is 8.07. The Kier molecular flexibility index (Phi) is 4.54. The minimum atomic E-state index is -0.832. The van der Waals surface area contributed by atoms with Crippen LogP contribution in [0.1, 0.15) is 38.5 Å². The van der Waals surface area contributed by atoms with Crippen molar-refractivity contribution in [2.45, 2.75) is 50.6 Å². The minimum Gasteiger partial charge on any atom is -0.480 e. The smallest absolute Gasteiger partial charge is 0.326 e. The lowest BCUT2D eigenvalue weighted by molar-refractivity contribution is -0.149. The van der Waals surface area contributed by atoms with E-state index in [0.29, 0.717) is 18.8 Å². The zero-order chi connectivity index (χ0) is 13.1. The molecule has 2 fully saturated rings. The van der Waals surface area contributed by atoms with E-state index < -0.39 is 12.0 Å². The van der Waals surface area contributed by atoms with Gasteiger partial charge in [0.05, 0.1) is 0 Å². The highest BCUT2D eigenvalue weighted by Crippen LogP contribution is 2.40. The minimum absolute atomic E-state index is 0.0335. The second-order valence-corrected chi connectivity index (χ2v) is 6.23. The molecule has 0 aromatic heterocycles. The fourth-order valence-electron chi connectivity index (χ4n) is 3.36. The standard InChI is InChI=1S/C13H21NO3S/c1-18-7-6-12(15)14-10-5-3-2-4-9(10)8-11(14)13(16)17/h9-11H,2-8H2,1H3,(H,16,17). The topological polar surface area (TPSA) is 57.6 Å². The average Bonchev–Trinajstić information content (AvgIpc) is 2.75. The zero-order valence-electron chi connectivity index (χ0n) is 10.8. The zero-order valence-corrected chi connectivity index (χ0v) is 11.6. The third-order valence-corrected chi connectivity index (χ3v) is 4.79. The molecule has 1 saturated carbocycles. The molecule has 1 aliphatic carbocycles. The van der Waals surface area contributed by atoms with Gasteiger partial charge < -0.3 is 10.0 Å². The summed E-state index contributed by atoms with van der Waals surface area (Å²) in [5.41, 5.74) is 0. The van der Waals surface area contributed by atoms with Crippen molar-refractivity contribution in [3.05, 3.63) is 0 Å². The summed E-state index contributed by atoms with van der Waals surface area (Å²) >= 11 is 1.63. The van der Waals surface area contributed by atoms with Crippen molar-refractivity contribution >= 4 is 23.6 Å². The van der Waals surface area contributed by atoms with Gasteiger partial charge in [-0.2, -0.15) is 11.8 Å². The molecule has 2 aliphatic rings. The molecule has 3 atom stereocenters. The van der Waals surface area contributed by atoms with Crippen molar-refractivity contribution in [1.82, 2.24) is 4.90 Å². The number of aliphatic carboxylic acids is 1. The molecule has 1 heterocycles. The molecule has 1 aliphatic heterocycles. The van der Waals surface area contributed by atoms with Gasteiger partial charge >= 0.3 is 5.97 Å². The summed E-state index contributed by atoms with van der Waals surface area (Å²) in [4.78, 5) is 25.3. The van der Waals surface area contributed by atoms with E-state index in [1.165, 1.54) is 6.42 Å². The van der Waals surface area contributed by atoms with Crippen LogP contribution in [-0.4, -0.2) is 46.0 Å². The highest BCUT2D eigenvalue weighted by molar-refractivity contribution is 7.98. The molecule has 102 valence electrons. The Balaban J connectivity index is 2.11. The lowest BCUT2D eigenvalue weighted by Gasteiger charge is -2.33. The van der Waals surface area contributed by atoms with Gasteiger partial charge in [0.1, 0.15) is 6.04 Å². The van der Waals surface area contributed by atoms with E-state index in [2.05, 4.69) is 0 Å². The van der Waals surface area contributed by atoms with Gasteiger partial charge in [-0.1, -0.05) is 12.8 Å². The van der Waals surface area contributed by atoms with Crippen LogP contribution >= 0.6 is 11.8 Å². The van der Waals surface area contributed by atoms with Gasteiger partial charge in [-0.15, -0.1) is 0 Å². The van der Waals surface area contributed by atoms with E-state index in [0.717, 1.165) is 25.0 Å². The maximum atomic E-state index is 12.2. The molecule has 0 spiro atoms. The molecule has 0 bridgehead atoms. The summed E-state index contributed by atoms with van der Waals surface area (Å²) in [7, 11) is 0. The lowest BCUT2D eigenvalue weighted by atomic mass is 9.84. The molecule has 4 nitrogen and oxygen atoms in total. The van der Waals surface area contributed by atoms with E-state index in [4.69, 9.17) is 0 Å². The molecule has 1 amide bonds. The van der Waals surface area contributed by atoms with Gasteiger partial charge in [0, 0.05) is 18.2 Å². The van der Waals surface area contributed by atoms with Crippen molar-refractivity contribution in [3.63, 3.8) is 0 Å². The molecule has 0 aromatic rings. The Morgan fingerprint density at radius 2 is 2.06 bits per heavy atom. The fourth-order valence-corrected chi connectivity index (χ4v) is 3.74. The van der Waals surface area contributed by atoms with Gasteiger partial charge in [-0.05, 0) is 31.4 Å². The van der Waals surface area contributed by atoms with Crippen LogP contribution in [0.4, 0.5) is 0 Å². The predicted octanol–water partition coefficient (Wildman–Crippen LogP) is 1.98. The van der Waals surface area contributed by atoms with E-state index in [9.17, 15) is 14.7 Å². The maximum absolute atomic E-state index is 12.2. The molecule has 18 heavy (non-hydrogen) atoms. The number of thioether (sulfide) groups is 1. The van der Waals surface area contributed by atoms with Crippen molar-refractivity contribution in [1.29, 1.82) is 0 Å². The van der Waals surface area contributed by atoms with E-state index in [-0.39, 0.29) is 11.9 Å². The Labute approximate surface area is 112 Å². The summed E-state index contributed by atoms with van der Waals surface area (Å²) in [5.74, 6) is 0.394. The van der Waals surface area contributed by atoms with Crippen LogP contribution in [0.2, 0.25) is 0 Å². The molecule has 5 heteroatoms. The Bertz CT molecular complexity index is 334. The average molecular weight is 271 g/mol. The van der Waals surface area contributed by atoms with Crippen LogP contribution in [0, 0.1) is 5.92 Å². The van der Waals surface area contributed by atoms with Gasteiger partial charge in [0.2, 0.25) is 5.91 Å². The van der Waals surface area contributed by atoms with Gasteiger partial charge in [0.25, 0.3) is 0 Å². The monoisotopic (exact) mass is 271 g/mol. The van der Waals surface area contributed by atoms with Crippen LogP contribution in [0.3, 0.4) is 0 Å². The summed E-state index contributed by atoms with van der Waals surface area (Å²) < 4.78 is 0. The van der Waals surface area contributed by atoms with E-state index in [1.54, 1.807) is 16.7 Å². The number of hydrogen-bond acceptors (Lipinski definition) is 3. The second-order valence-electron chi connectivity index (χ2n) is 5.25. The fraction of sp³-hybridized carbons (Fsp3) is 0.846. The van der Waals surface area contributed by atoms with Crippen LogP contribution in [-0.2, 0) is 9.59 Å². The third kappa shape index (κ3) is 2.66. The number of carboxylic acids is 1. The summed E-state index contributed by atoms with van der Waals surface area (Å²) in [6, 6.07) is -0.387. The molecule has 3 unspecified atom stereocenters. The SMILES string of the molecule is CSCCC(=O)N1C(C(=O)O)CC2CCCCC21. The predicted molar refractivity (Wildman–Crippen MR) is 71.6 cm³/mol. The molecular formula is C13H21NO3S. The number of hydrogen-bond donors (Lipinski definition) is 1. The van der Waals surface area contributed by atoms with E-state index in [1.807, 2.05) is 6.26 Å². The Morgan fingerprint density at radius 1 is 1.33 bits per heavy atom. The Morgan fingerprint density at radius 3 is 2.72 bits per heavy atom. The van der Waals surface area contributed by atoms with Crippen LogP contribution in [0.5, 0.6) is 0 Å². The van der Waals surface area contributed by atoms with Crippen LogP contribution < -0.4 is 0 Å². The molecule has 0 radical (unpaired) electrons. The first kappa shape index (κ1) is 13.7. The summed E-state index contributed by atoms with van der Waals surface area (Å²) in [5, 5.41) is 9.31.